The van der Waals surface area contributed by atoms with Crippen molar-refractivity contribution in [3.8, 4) is 11.5 Å². The van der Waals surface area contributed by atoms with Gasteiger partial charge in [-0.05, 0) is 0 Å². The Hall–Kier alpha value is -1.78. The molecule has 1 saturated heterocycles. The molecule has 0 bridgehead atoms. The van der Waals surface area contributed by atoms with Crippen molar-refractivity contribution < 1.29 is 15.0 Å². The third kappa shape index (κ3) is 2.42. The van der Waals surface area contributed by atoms with Gasteiger partial charge in [-0.25, -0.2) is 0 Å². The first-order valence-corrected chi connectivity index (χ1v) is 8.20. The van der Waals surface area contributed by atoms with Crippen LogP contribution in [0, 0.1) is 0 Å². The number of amides is 1. The Labute approximate surface area is 137 Å². The molecule has 0 spiro atoms. The van der Waals surface area contributed by atoms with E-state index in [9.17, 15) is 15.0 Å². The van der Waals surface area contributed by atoms with E-state index in [-0.39, 0.29) is 23.4 Å². The van der Waals surface area contributed by atoms with Gasteiger partial charge in [0.1, 0.15) is 0 Å². The minimum absolute atomic E-state index is 0.0640. The number of hydrogen-bond acceptors (Lipinski definition) is 4. The molecule has 1 saturated carbocycles. The number of hydrogen-bond donors (Lipinski definition) is 2. The summed E-state index contributed by atoms with van der Waals surface area (Å²) in [6.07, 6.45) is 5.96. The Morgan fingerprint density at radius 3 is 2.64 bits per heavy atom. The average Bonchev–Trinajstić information content (AvgIpc) is 3.07. The SMILES string of the molecule is CN1C(=[Se])N(C2CCCC2)C(=O)/C1=C\c1cccc(O)c1O. The van der Waals surface area contributed by atoms with E-state index in [2.05, 4.69) is 15.6 Å². The third-order valence-electron chi connectivity index (χ3n) is 4.32. The number of aromatic hydroxyl groups is 2. The monoisotopic (exact) mass is 366 g/mol. The van der Waals surface area contributed by atoms with Crippen molar-refractivity contribution in [2.24, 2.45) is 0 Å². The van der Waals surface area contributed by atoms with Crippen LogP contribution in [-0.2, 0) is 4.79 Å². The number of likely N-dealkylation sites (N-methyl/N-ethyl adjacent to an activating group) is 1. The summed E-state index contributed by atoms with van der Waals surface area (Å²) in [6.45, 7) is 0. The molecule has 0 aromatic heterocycles. The summed E-state index contributed by atoms with van der Waals surface area (Å²) in [6, 6.07) is 4.96. The molecule has 6 heteroatoms. The van der Waals surface area contributed by atoms with Crippen LogP contribution in [-0.4, -0.2) is 59.3 Å². The van der Waals surface area contributed by atoms with Gasteiger partial charge in [0, 0.05) is 0 Å². The molecule has 1 aliphatic heterocycles. The number of phenols is 2. The van der Waals surface area contributed by atoms with Crippen molar-refractivity contribution in [2.75, 3.05) is 7.05 Å². The fourth-order valence-corrected chi connectivity index (χ4v) is 3.77. The van der Waals surface area contributed by atoms with E-state index in [4.69, 9.17) is 0 Å². The van der Waals surface area contributed by atoms with E-state index >= 15 is 0 Å². The van der Waals surface area contributed by atoms with Gasteiger partial charge in [-0.2, -0.15) is 0 Å². The van der Waals surface area contributed by atoms with Gasteiger partial charge in [-0.3, -0.25) is 0 Å². The number of carbonyl (C=O) groups is 1. The Balaban J connectivity index is 1.97. The molecule has 0 radical (unpaired) electrons. The van der Waals surface area contributed by atoms with E-state index < -0.39 is 0 Å². The second kappa shape index (κ2) is 5.78. The van der Waals surface area contributed by atoms with E-state index in [1.165, 1.54) is 6.07 Å². The topological polar surface area (TPSA) is 64.0 Å². The molecule has 116 valence electrons. The molecule has 22 heavy (non-hydrogen) atoms. The van der Waals surface area contributed by atoms with Gasteiger partial charge in [0.15, 0.2) is 0 Å². The summed E-state index contributed by atoms with van der Waals surface area (Å²) in [5.41, 5.74) is 0.915. The second-order valence-corrected chi connectivity index (χ2v) is 6.47. The first-order valence-electron chi connectivity index (χ1n) is 7.34. The molecular weight excluding hydrogens is 347 g/mol. The Morgan fingerprint density at radius 2 is 1.95 bits per heavy atom. The van der Waals surface area contributed by atoms with Gasteiger partial charge in [-0.1, -0.05) is 0 Å². The van der Waals surface area contributed by atoms with Gasteiger partial charge in [0.25, 0.3) is 0 Å². The molecule has 5 nitrogen and oxygen atoms in total. The normalized spacial score (nSPS) is 21.4. The van der Waals surface area contributed by atoms with Crippen LogP contribution in [0.3, 0.4) is 0 Å². The average molecular weight is 365 g/mol. The Morgan fingerprint density at radius 1 is 1.27 bits per heavy atom. The van der Waals surface area contributed by atoms with Crippen LogP contribution >= 0.6 is 0 Å². The zero-order valence-electron chi connectivity index (χ0n) is 12.3. The molecule has 2 N–H and O–H groups in total. The quantitative estimate of drug-likeness (QED) is 0.473. The predicted octanol–water partition coefficient (Wildman–Crippen LogP) is 1.41. The van der Waals surface area contributed by atoms with Gasteiger partial charge in [-0.15, -0.1) is 0 Å². The molecule has 2 fully saturated rings. The number of carbonyl (C=O) groups excluding carboxylic acids is 1. The maximum atomic E-state index is 12.7. The number of phenolic OH excluding ortho intramolecular Hbond substituents is 2. The fraction of sp³-hybridized carbons (Fsp3) is 0.375. The van der Waals surface area contributed by atoms with Gasteiger partial charge >= 0.3 is 137 Å². The van der Waals surface area contributed by atoms with E-state index in [0.717, 1.165) is 30.3 Å². The molecule has 1 heterocycles. The first kappa shape index (κ1) is 15.1. The number of benzene rings is 1. The zero-order chi connectivity index (χ0) is 15.9. The molecule has 3 rings (SSSR count). The van der Waals surface area contributed by atoms with Gasteiger partial charge in [0.05, 0.1) is 0 Å². The Kier molecular flexibility index (Phi) is 3.98. The van der Waals surface area contributed by atoms with Crippen molar-refractivity contribution >= 4 is 32.2 Å². The molecule has 1 aromatic rings. The molecular formula is C16H18N2O3Se. The number of nitrogens with zero attached hydrogens (tertiary/aromatic N) is 2. The van der Waals surface area contributed by atoms with Crippen LogP contribution in [0.2, 0.25) is 0 Å². The van der Waals surface area contributed by atoms with Crippen molar-refractivity contribution in [2.45, 2.75) is 31.7 Å². The summed E-state index contributed by atoms with van der Waals surface area (Å²) in [4.78, 5) is 16.4. The summed E-state index contributed by atoms with van der Waals surface area (Å²) >= 11 is 2.98. The van der Waals surface area contributed by atoms with Crippen LogP contribution in [0.15, 0.2) is 23.9 Å². The Bertz CT molecular complexity index is 665. The van der Waals surface area contributed by atoms with E-state index in [0.29, 0.717) is 11.3 Å². The minimum atomic E-state index is -0.211. The maximum absolute atomic E-state index is 12.7. The first-order chi connectivity index (χ1) is 10.5. The van der Waals surface area contributed by atoms with Gasteiger partial charge in [0.2, 0.25) is 0 Å². The van der Waals surface area contributed by atoms with Gasteiger partial charge < -0.3 is 0 Å². The van der Waals surface area contributed by atoms with Crippen LogP contribution in [0.1, 0.15) is 31.2 Å². The zero-order valence-corrected chi connectivity index (χ0v) is 14.0. The third-order valence-corrected chi connectivity index (χ3v) is 5.31. The predicted molar refractivity (Wildman–Crippen MR) is 85.4 cm³/mol. The number of rotatable bonds is 2. The van der Waals surface area contributed by atoms with Crippen LogP contribution in [0.4, 0.5) is 0 Å². The standard InChI is InChI=1S/C16H18N2O3Se/c1-17-12(9-10-5-4-8-13(19)14(10)20)15(21)18(16(17)22)11-6-2-3-7-11/h4-5,8-9,11,19-20H,2-3,6-7H2,1H3/b12-9+. The van der Waals surface area contributed by atoms with Crippen molar-refractivity contribution in [1.29, 1.82) is 0 Å². The summed E-state index contributed by atoms with van der Waals surface area (Å²) in [7, 11) is 1.82. The van der Waals surface area contributed by atoms with Crippen molar-refractivity contribution in [3.63, 3.8) is 0 Å². The van der Waals surface area contributed by atoms with Crippen molar-refractivity contribution in [3.05, 3.63) is 29.5 Å². The molecule has 1 amide bonds. The molecule has 1 aliphatic carbocycles. The molecule has 1 aromatic carbocycles. The second-order valence-electron chi connectivity index (χ2n) is 5.70. The van der Waals surface area contributed by atoms with E-state index in [1.807, 2.05) is 11.9 Å². The molecule has 2 aliphatic rings. The summed E-state index contributed by atoms with van der Waals surface area (Å²) < 4.78 is 0.794. The molecule has 0 unspecified atom stereocenters. The summed E-state index contributed by atoms with van der Waals surface area (Å²) in [5, 5.41) is 19.5. The van der Waals surface area contributed by atoms with Crippen LogP contribution < -0.4 is 0 Å². The van der Waals surface area contributed by atoms with Crippen molar-refractivity contribution in [1.82, 2.24) is 9.80 Å². The van der Waals surface area contributed by atoms with E-state index in [1.54, 1.807) is 23.1 Å². The van der Waals surface area contributed by atoms with Crippen LogP contribution in [0.25, 0.3) is 6.08 Å². The van der Waals surface area contributed by atoms with Crippen LogP contribution in [0.5, 0.6) is 11.5 Å². The number of para-hydroxylation sites is 1. The molecule has 0 atom stereocenters. The fourth-order valence-electron chi connectivity index (χ4n) is 3.07. The summed E-state index contributed by atoms with van der Waals surface area (Å²) in [5.74, 6) is -0.467.